The molecular weight excluding hydrogens is 302 g/mol. The third-order valence-electron chi connectivity index (χ3n) is 6.22. The Morgan fingerprint density at radius 2 is 1.54 bits per heavy atom. The van der Waals surface area contributed by atoms with Gasteiger partial charge in [-0.2, -0.15) is 0 Å². The van der Waals surface area contributed by atoms with Gasteiger partial charge in [-0.3, -0.25) is 4.79 Å². The van der Waals surface area contributed by atoms with Crippen molar-refractivity contribution in [1.29, 1.82) is 0 Å². The number of carbonyl (C=O) groups excluding carboxylic acids is 2. The van der Waals surface area contributed by atoms with E-state index in [1.807, 2.05) is 0 Å². The molecule has 4 fully saturated rings. The summed E-state index contributed by atoms with van der Waals surface area (Å²) in [6, 6.07) is 6.47. The van der Waals surface area contributed by atoms with E-state index >= 15 is 0 Å². The molecule has 0 radical (unpaired) electrons. The van der Waals surface area contributed by atoms with Gasteiger partial charge in [0.2, 0.25) is 5.91 Å². The van der Waals surface area contributed by atoms with Crippen LogP contribution in [0.4, 0.5) is 10.5 Å². The Balaban J connectivity index is 1.33. The van der Waals surface area contributed by atoms with E-state index in [0.29, 0.717) is 16.7 Å². The van der Waals surface area contributed by atoms with Crippen LogP contribution in [-0.2, 0) is 0 Å². The lowest BCUT2D eigenvalue weighted by atomic mass is 9.49. The maximum Gasteiger partial charge on any atom is 0.319 e. The van der Waals surface area contributed by atoms with Crippen molar-refractivity contribution in [2.45, 2.75) is 38.5 Å². The zero-order chi connectivity index (χ0) is 16.7. The summed E-state index contributed by atoms with van der Waals surface area (Å²) in [5.41, 5.74) is 6.66. The molecule has 4 aliphatic rings. The van der Waals surface area contributed by atoms with E-state index in [1.54, 1.807) is 24.3 Å². The third kappa shape index (κ3) is 2.99. The molecule has 24 heavy (non-hydrogen) atoms. The number of amides is 3. The molecule has 0 saturated heterocycles. The molecule has 4 N–H and O–H groups in total. The number of benzene rings is 1. The average Bonchev–Trinajstić information content (AvgIpc) is 2.52. The van der Waals surface area contributed by atoms with Crippen LogP contribution in [0.2, 0.25) is 0 Å². The van der Waals surface area contributed by atoms with Gasteiger partial charge in [-0.25, -0.2) is 4.79 Å². The Kier molecular flexibility index (Phi) is 3.74. The first-order valence-corrected chi connectivity index (χ1v) is 8.96. The van der Waals surface area contributed by atoms with Crippen molar-refractivity contribution in [2.24, 2.45) is 28.9 Å². The van der Waals surface area contributed by atoms with Crippen LogP contribution in [0.1, 0.15) is 48.9 Å². The van der Waals surface area contributed by atoms with Crippen LogP contribution in [0.15, 0.2) is 24.3 Å². The van der Waals surface area contributed by atoms with Gasteiger partial charge in [0, 0.05) is 17.8 Å². The molecule has 1 aromatic carbocycles. The van der Waals surface area contributed by atoms with Crippen LogP contribution < -0.4 is 16.4 Å². The van der Waals surface area contributed by atoms with E-state index in [-0.39, 0.29) is 6.03 Å². The summed E-state index contributed by atoms with van der Waals surface area (Å²) in [6.45, 7) is 0.779. The summed E-state index contributed by atoms with van der Waals surface area (Å²) in [7, 11) is 0. The van der Waals surface area contributed by atoms with Gasteiger partial charge in [-0.15, -0.1) is 0 Å². The fourth-order valence-corrected chi connectivity index (χ4v) is 5.67. The molecule has 5 rings (SSSR count). The van der Waals surface area contributed by atoms with Crippen LogP contribution >= 0.6 is 0 Å². The molecule has 0 unspecified atom stereocenters. The van der Waals surface area contributed by atoms with E-state index in [2.05, 4.69) is 10.6 Å². The van der Waals surface area contributed by atoms with Crippen LogP contribution in [0.5, 0.6) is 0 Å². The van der Waals surface area contributed by atoms with E-state index in [4.69, 9.17) is 5.73 Å². The topological polar surface area (TPSA) is 84.2 Å². The van der Waals surface area contributed by atoms with Gasteiger partial charge in [-0.05, 0) is 86.0 Å². The monoisotopic (exact) mass is 327 g/mol. The van der Waals surface area contributed by atoms with Gasteiger partial charge in [0.1, 0.15) is 0 Å². The smallest absolute Gasteiger partial charge is 0.319 e. The predicted octanol–water partition coefficient (Wildman–Crippen LogP) is 3.12. The van der Waals surface area contributed by atoms with Gasteiger partial charge < -0.3 is 16.4 Å². The second-order valence-electron chi connectivity index (χ2n) is 8.17. The summed E-state index contributed by atoms with van der Waals surface area (Å²) in [5, 5.41) is 5.92. The Labute approximate surface area is 142 Å². The minimum atomic E-state index is -0.465. The normalized spacial score (nSPS) is 33.2. The highest BCUT2D eigenvalue weighted by Gasteiger charge is 2.50. The summed E-state index contributed by atoms with van der Waals surface area (Å²) >= 11 is 0. The first-order valence-electron chi connectivity index (χ1n) is 8.96. The Morgan fingerprint density at radius 1 is 1.00 bits per heavy atom. The number of hydrogen-bond acceptors (Lipinski definition) is 2. The molecule has 5 heteroatoms. The second kappa shape index (κ2) is 5.80. The number of nitrogens with two attached hydrogens (primary N) is 1. The molecule has 0 aromatic heterocycles. The highest BCUT2D eigenvalue weighted by atomic mass is 16.2. The van der Waals surface area contributed by atoms with Crippen molar-refractivity contribution in [1.82, 2.24) is 5.32 Å². The Hall–Kier alpha value is -2.04. The first kappa shape index (κ1) is 15.5. The standard InChI is InChI=1S/C19H25N3O2/c20-17(23)15-1-3-16(4-2-15)22-18(24)21-11-19-8-12-5-13(9-19)7-14(6-12)10-19/h1-4,12-14H,5-11H2,(H2,20,23)(H2,21,22,24). The molecule has 0 spiro atoms. The van der Waals surface area contributed by atoms with Gasteiger partial charge in [0.05, 0.1) is 0 Å². The summed E-state index contributed by atoms with van der Waals surface area (Å²) in [6.07, 6.45) is 8.10. The van der Waals surface area contributed by atoms with Crippen molar-refractivity contribution in [3.8, 4) is 0 Å². The summed E-state index contributed by atoms with van der Waals surface area (Å²) in [4.78, 5) is 23.3. The van der Waals surface area contributed by atoms with Crippen LogP contribution in [-0.4, -0.2) is 18.5 Å². The highest BCUT2D eigenvalue weighted by Crippen LogP contribution is 2.59. The Bertz CT molecular complexity index is 618. The lowest BCUT2D eigenvalue weighted by Gasteiger charge is -2.56. The van der Waals surface area contributed by atoms with Crippen molar-refractivity contribution in [2.75, 3.05) is 11.9 Å². The fourth-order valence-electron chi connectivity index (χ4n) is 5.67. The maximum absolute atomic E-state index is 12.2. The van der Waals surface area contributed by atoms with E-state index < -0.39 is 5.91 Å². The Morgan fingerprint density at radius 3 is 2.04 bits per heavy atom. The molecule has 0 atom stereocenters. The zero-order valence-corrected chi connectivity index (χ0v) is 13.9. The number of anilines is 1. The fraction of sp³-hybridized carbons (Fsp3) is 0.579. The molecule has 128 valence electrons. The summed E-state index contributed by atoms with van der Waals surface area (Å²) < 4.78 is 0. The maximum atomic E-state index is 12.2. The van der Waals surface area contributed by atoms with Crippen LogP contribution in [0.25, 0.3) is 0 Å². The van der Waals surface area contributed by atoms with E-state index in [9.17, 15) is 9.59 Å². The van der Waals surface area contributed by atoms with Crippen LogP contribution in [0.3, 0.4) is 0 Å². The average molecular weight is 327 g/mol. The van der Waals surface area contributed by atoms with E-state index in [0.717, 1.165) is 24.3 Å². The number of nitrogens with one attached hydrogen (secondary N) is 2. The molecular formula is C19H25N3O2. The lowest BCUT2D eigenvalue weighted by molar-refractivity contribution is -0.0496. The molecule has 3 amide bonds. The van der Waals surface area contributed by atoms with Gasteiger partial charge >= 0.3 is 6.03 Å². The lowest BCUT2D eigenvalue weighted by Crippen LogP contribution is -2.51. The van der Waals surface area contributed by atoms with Gasteiger partial charge in [0.15, 0.2) is 0 Å². The number of urea groups is 1. The molecule has 4 bridgehead atoms. The van der Waals surface area contributed by atoms with Crippen molar-refractivity contribution in [3.63, 3.8) is 0 Å². The largest absolute Gasteiger partial charge is 0.366 e. The third-order valence-corrected chi connectivity index (χ3v) is 6.22. The molecule has 0 aliphatic heterocycles. The number of carbonyl (C=O) groups is 2. The number of rotatable bonds is 4. The highest BCUT2D eigenvalue weighted by molar-refractivity contribution is 5.94. The van der Waals surface area contributed by atoms with Crippen LogP contribution in [0, 0.1) is 23.2 Å². The first-order chi connectivity index (χ1) is 11.5. The number of hydrogen-bond donors (Lipinski definition) is 3. The molecule has 0 heterocycles. The van der Waals surface area contributed by atoms with E-state index in [1.165, 1.54) is 38.5 Å². The van der Waals surface area contributed by atoms with Gasteiger partial charge in [-0.1, -0.05) is 0 Å². The zero-order valence-electron chi connectivity index (χ0n) is 13.9. The summed E-state index contributed by atoms with van der Waals surface area (Å²) in [5.74, 6) is 2.21. The minimum Gasteiger partial charge on any atom is -0.366 e. The SMILES string of the molecule is NC(=O)c1ccc(NC(=O)NCC23CC4CC(CC(C4)C2)C3)cc1. The van der Waals surface area contributed by atoms with Crippen molar-refractivity contribution in [3.05, 3.63) is 29.8 Å². The quantitative estimate of drug-likeness (QED) is 0.794. The van der Waals surface area contributed by atoms with Crippen molar-refractivity contribution < 1.29 is 9.59 Å². The number of primary amides is 1. The van der Waals surface area contributed by atoms with Gasteiger partial charge in [0.25, 0.3) is 0 Å². The second-order valence-corrected chi connectivity index (χ2v) is 8.17. The van der Waals surface area contributed by atoms with Crippen molar-refractivity contribution >= 4 is 17.6 Å². The predicted molar refractivity (Wildman–Crippen MR) is 92.6 cm³/mol. The molecule has 5 nitrogen and oxygen atoms in total. The molecule has 1 aromatic rings. The molecule has 4 saturated carbocycles. The minimum absolute atomic E-state index is 0.169. The molecule has 4 aliphatic carbocycles.